The number of aromatic nitrogens is 2. The molecule has 0 bridgehead atoms. The van der Waals surface area contributed by atoms with E-state index in [2.05, 4.69) is 19.4 Å². The van der Waals surface area contributed by atoms with E-state index in [-0.39, 0.29) is 12.5 Å². The largest absolute Gasteiger partial charge is 0.515 e. The first kappa shape index (κ1) is 8.45. The molecule has 0 unspecified atom stereocenters. The zero-order chi connectivity index (χ0) is 8.81. The monoisotopic (exact) mass is 168 g/mol. The highest BCUT2D eigenvalue weighted by Gasteiger charge is 2.03. The molecule has 1 rings (SSSR count). The summed E-state index contributed by atoms with van der Waals surface area (Å²) in [6, 6.07) is 1.47. The van der Waals surface area contributed by atoms with E-state index in [0.717, 1.165) is 0 Å². The highest BCUT2D eigenvalue weighted by atomic mass is 16.7. The molecule has 0 aliphatic carbocycles. The molecule has 0 radical (unpaired) electrons. The molecule has 0 N–H and O–H groups in total. The first-order valence-corrected chi connectivity index (χ1v) is 3.43. The molecule has 1 heterocycles. The smallest absolute Gasteiger partial charge is 0.434 e. The maximum atomic E-state index is 10.7. The van der Waals surface area contributed by atoms with E-state index in [9.17, 15) is 4.79 Å². The van der Waals surface area contributed by atoms with E-state index >= 15 is 0 Å². The van der Waals surface area contributed by atoms with Crippen LogP contribution in [0.3, 0.4) is 0 Å². The molecule has 1 aromatic rings. The molecule has 0 atom stereocenters. The third kappa shape index (κ3) is 2.53. The number of carbonyl (C=O) groups excluding carboxylic acids is 1. The Bertz CT molecular complexity index is 250. The van der Waals surface area contributed by atoms with Gasteiger partial charge in [-0.1, -0.05) is 0 Å². The first-order chi connectivity index (χ1) is 5.83. The molecule has 64 valence electrons. The summed E-state index contributed by atoms with van der Waals surface area (Å²) in [5.41, 5.74) is 0. The van der Waals surface area contributed by atoms with Crippen molar-refractivity contribution in [3.8, 4) is 5.88 Å². The van der Waals surface area contributed by atoms with Gasteiger partial charge < -0.3 is 9.47 Å². The second-order valence-electron chi connectivity index (χ2n) is 1.83. The minimum Gasteiger partial charge on any atom is -0.434 e. The summed E-state index contributed by atoms with van der Waals surface area (Å²) >= 11 is 0. The molecule has 12 heavy (non-hydrogen) atoms. The summed E-state index contributed by atoms with van der Waals surface area (Å²) in [5.74, 6) is 0.184. The van der Waals surface area contributed by atoms with Gasteiger partial charge in [0.2, 0.25) is 5.88 Å². The van der Waals surface area contributed by atoms with Crippen molar-refractivity contribution >= 4 is 6.16 Å². The van der Waals surface area contributed by atoms with Crippen LogP contribution in [0.15, 0.2) is 18.6 Å². The third-order valence-corrected chi connectivity index (χ3v) is 1.00. The van der Waals surface area contributed by atoms with Crippen molar-refractivity contribution < 1.29 is 14.3 Å². The highest BCUT2D eigenvalue weighted by molar-refractivity contribution is 5.62. The molecule has 0 fully saturated rings. The summed E-state index contributed by atoms with van der Waals surface area (Å²) in [7, 11) is 0. The van der Waals surface area contributed by atoms with Crippen LogP contribution < -0.4 is 4.74 Å². The second kappa shape index (κ2) is 4.27. The number of rotatable bonds is 2. The molecule has 0 aliphatic rings. The van der Waals surface area contributed by atoms with Crippen molar-refractivity contribution in [3.05, 3.63) is 18.6 Å². The van der Waals surface area contributed by atoms with Gasteiger partial charge in [0.25, 0.3) is 0 Å². The molecule has 0 aliphatic heterocycles. The average molecular weight is 168 g/mol. The van der Waals surface area contributed by atoms with E-state index in [0.29, 0.717) is 0 Å². The predicted molar refractivity (Wildman–Crippen MR) is 39.7 cm³/mol. The summed E-state index contributed by atoms with van der Waals surface area (Å²) < 4.78 is 9.17. The number of nitrogens with zero attached hydrogens (tertiary/aromatic N) is 2. The Balaban J connectivity index is 2.47. The van der Waals surface area contributed by atoms with Crippen molar-refractivity contribution in [2.45, 2.75) is 6.92 Å². The number of hydrogen-bond donors (Lipinski definition) is 0. The van der Waals surface area contributed by atoms with E-state index in [1.807, 2.05) is 0 Å². The van der Waals surface area contributed by atoms with Gasteiger partial charge in [0.15, 0.2) is 0 Å². The fourth-order valence-corrected chi connectivity index (χ4v) is 0.572. The molecule has 5 nitrogen and oxygen atoms in total. The van der Waals surface area contributed by atoms with Crippen LogP contribution in [0, 0.1) is 0 Å². The third-order valence-electron chi connectivity index (χ3n) is 1.00. The quantitative estimate of drug-likeness (QED) is 0.617. The average Bonchev–Trinajstić information content (AvgIpc) is 2.06. The molecule has 0 amide bonds. The summed E-state index contributed by atoms with van der Waals surface area (Å²) in [6.45, 7) is 1.98. The van der Waals surface area contributed by atoms with Crippen molar-refractivity contribution in [2.24, 2.45) is 0 Å². The lowest BCUT2D eigenvalue weighted by molar-refractivity contribution is 0.102. The zero-order valence-corrected chi connectivity index (χ0v) is 6.56. The van der Waals surface area contributed by atoms with Crippen LogP contribution in [0.2, 0.25) is 0 Å². The van der Waals surface area contributed by atoms with Crippen LogP contribution in [-0.4, -0.2) is 22.7 Å². The van der Waals surface area contributed by atoms with Crippen LogP contribution in [0.1, 0.15) is 6.92 Å². The fraction of sp³-hybridized carbons (Fsp3) is 0.286. The lowest BCUT2D eigenvalue weighted by Crippen LogP contribution is -2.10. The van der Waals surface area contributed by atoms with E-state index in [4.69, 9.17) is 0 Å². The van der Waals surface area contributed by atoms with Gasteiger partial charge in [-0.25, -0.2) is 14.8 Å². The number of carbonyl (C=O) groups is 1. The molecule has 5 heteroatoms. The van der Waals surface area contributed by atoms with Gasteiger partial charge in [0, 0.05) is 12.3 Å². The van der Waals surface area contributed by atoms with Crippen LogP contribution in [0.5, 0.6) is 5.88 Å². The van der Waals surface area contributed by atoms with E-state index < -0.39 is 6.16 Å². The summed E-state index contributed by atoms with van der Waals surface area (Å²) in [5, 5.41) is 0. The molecular weight excluding hydrogens is 160 g/mol. The zero-order valence-electron chi connectivity index (χ0n) is 6.56. The van der Waals surface area contributed by atoms with Crippen molar-refractivity contribution in [1.29, 1.82) is 0 Å². The lowest BCUT2D eigenvalue weighted by Gasteiger charge is -2.00. The van der Waals surface area contributed by atoms with Gasteiger partial charge in [-0.05, 0) is 6.92 Å². The first-order valence-electron chi connectivity index (χ1n) is 3.43. The van der Waals surface area contributed by atoms with Crippen LogP contribution in [0.4, 0.5) is 4.79 Å². The molecule has 0 saturated carbocycles. The van der Waals surface area contributed by atoms with E-state index in [1.54, 1.807) is 6.92 Å². The van der Waals surface area contributed by atoms with Gasteiger partial charge in [0.1, 0.15) is 6.33 Å². The van der Waals surface area contributed by atoms with E-state index in [1.165, 1.54) is 18.6 Å². The second-order valence-corrected chi connectivity index (χ2v) is 1.83. The van der Waals surface area contributed by atoms with Gasteiger partial charge in [0.05, 0.1) is 6.61 Å². The Morgan fingerprint density at radius 1 is 1.67 bits per heavy atom. The fourth-order valence-electron chi connectivity index (χ4n) is 0.572. The SMILES string of the molecule is CCOC(=O)Oc1ccncn1. The molecule has 0 saturated heterocycles. The van der Waals surface area contributed by atoms with Crippen LogP contribution in [0.25, 0.3) is 0 Å². The maximum Gasteiger partial charge on any atom is 0.515 e. The standard InChI is InChI=1S/C7H8N2O3/c1-2-11-7(10)12-6-3-4-8-5-9-6/h3-5H,2H2,1H3. The van der Waals surface area contributed by atoms with Gasteiger partial charge in [-0.3, -0.25) is 0 Å². The van der Waals surface area contributed by atoms with Crippen LogP contribution in [-0.2, 0) is 4.74 Å². The maximum absolute atomic E-state index is 10.7. The van der Waals surface area contributed by atoms with Gasteiger partial charge in [-0.2, -0.15) is 0 Å². The Morgan fingerprint density at radius 2 is 2.50 bits per heavy atom. The van der Waals surface area contributed by atoms with Crippen molar-refractivity contribution in [2.75, 3.05) is 6.61 Å². The Labute approximate surface area is 69.4 Å². The summed E-state index contributed by atoms with van der Waals surface area (Å²) in [6.07, 6.45) is 2.01. The van der Waals surface area contributed by atoms with Gasteiger partial charge >= 0.3 is 6.16 Å². The Hall–Kier alpha value is -1.65. The Kier molecular flexibility index (Phi) is 3.01. The van der Waals surface area contributed by atoms with Crippen molar-refractivity contribution in [3.63, 3.8) is 0 Å². The minimum atomic E-state index is -0.754. The predicted octanol–water partition coefficient (Wildman–Crippen LogP) is 1.01. The number of hydrogen-bond acceptors (Lipinski definition) is 5. The summed E-state index contributed by atoms with van der Waals surface area (Å²) in [4.78, 5) is 18.0. The molecule has 1 aromatic heterocycles. The lowest BCUT2D eigenvalue weighted by atomic mass is 10.6. The molecule has 0 aromatic carbocycles. The van der Waals surface area contributed by atoms with Crippen molar-refractivity contribution in [1.82, 2.24) is 9.97 Å². The topological polar surface area (TPSA) is 61.3 Å². The molecular formula is C7H8N2O3. The normalized spacial score (nSPS) is 9.08. The molecule has 0 spiro atoms. The van der Waals surface area contributed by atoms with Gasteiger partial charge in [-0.15, -0.1) is 0 Å². The number of ether oxygens (including phenoxy) is 2. The minimum absolute atomic E-state index is 0.184. The Morgan fingerprint density at radius 3 is 3.08 bits per heavy atom. The van der Waals surface area contributed by atoms with Crippen LogP contribution >= 0.6 is 0 Å². The highest BCUT2D eigenvalue weighted by Crippen LogP contribution is 2.02.